The van der Waals surface area contributed by atoms with Crippen LogP contribution in [0.1, 0.15) is 39.2 Å². The summed E-state index contributed by atoms with van der Waals surface area (Å²) in [5.74, 6) is 2.31. The number of nitrogens with zero attached hydrogens (tertiary/aromatic N) is 3. The van der Waals surface area contributed by atoms with E-state index in [1.807, 2.05) is 59.3 Å². The summed E-state index contributed by atoms with van der Waals surface area (Å²) in [4.78, 5) is 16.5. The van der Waals surface area contributed by atoms with E-state index in [9.17, 15) is 4.79 Å². The smallest absolute Gasteiger partial charge is 0.337 e. The Labute approximate surface area is 213 Å². The summed E-state index contributed by atoms with van der Waals surface area (Å²) in [5, 5.41) is 8.05. The van der Waals surface area contributed by atoms with Crippen LogP contribution in [0, 0.1) is 0 Å². The highest BCUT2D eigenvalue weighted by molar-refractivity contribution is 5.89. The van der Waals surface area contributed by atoms with E-state index in [-0.39, 0.29) is 0 Å². The molecular formula is C28H24N4O5. The van der Waals surface area contributed by atoms with Crippen LogP contribution < -0.4 is 19.5 Å². The van der Waals surface area contributed by atoms with E-state index >= 15 is 0 Å². The number of aromatic nitrogens is 3. The summed E-state index contributed by atoms with van der Waals surface area (Å²) in [6.45, 7) is 0. The molecule has 2 aliphatic rings. The second-order valence-electron chi connectivity index (χ2n) is 8.60. The van der Waals surface area contributed by atoms with E-state index < -0.39 is 18.1 Å². The largest absolute Gasteiger partial charge is 0.497 e. The molecular weight excluding hydrogens is 472 g/mol. The van der Waals surface area contributed by atoms with Gasteiger partial charge in [-0.05, 0) is 48.0 Å². The summed E-state index contributed by atoms with van der Waals surface area (Å²) in [5.41, 5.74) is 4.91. The molecule has 0 saturated carbocycles. The van der Waals surface area contributed by atoms with Crippen molar-refractivity contribution >= 4 is 17.6 Å². The van der Waals surface area contributed by atoms with Gasteiger partial charge in [0.15, 0.2) is 0 Å². The van der Waals surface area contributed by atoms with Gasteiger partial charge < -0.3 is 24.3 Å². The van der Waals surface area contributed by atoms with Crippen molar-refractivity contribution in [1.82, 2.24) is 14.8 Å². The number of carbonyl (C=O) groups is 1. The van der Waals surface area contributed by atoms with E-state index in [2.05, 4.69) is 15.4 Å². The van der Waals surface area contributed by atoms with E-state index in [0.29, 0.717) is 23.0 Å². The highest BCUT2D eigenvalue weighted by Gasteiger charge is 2.42. The molecule has 0 aliphatic carbocycles. The summed E-state index contributed by atoms with van der Waals surface area (Å²) in [7, 11) is 4.63. The van der Waals surface area contributed by atoms with Crippen molar-refractivity contribution < 1.29 is 23.7 Å². The van der Waals surface area contributed by atoms with Gasteiger partial charge in [-0.2, -0.15) is 10.1 Å². The lowest BCUT2D eigenvalue weighted by molar-refractivity contribution is 0.0600. The van der Waals surface area contributed by atoms with Gasteiger partial charge in [0.1, 0.15) is 35.7 Å². The van der Waals surface area contributed by atoms with Crippen LogP contribution in [0.2, 0.25) is 0 Å². The Balaban J connectivity index is 1.60. The van der Waals surface area contributed by atoms with Crippen molar-refractivity contribution in [2.45, 2.75) is 12.1 Å². The predicted molar refractivity (Wildman–Crippen MR) is 136 cm³/mol. The van der Waals surface area contributed by atoms with Crippen LogP contribution in [-0.4, -0.2) is 42.1 Å². The highest BCUT2D eigenvalue weighted by atomic mass is 16.5. The zero-order valence-corrected chi connectivity index (χ0v) is 20.5. The lowest BCUT2D eigenvalue weighted by Crippen LogP contribution is -2.32. The lowest BCUT2D eigenvalue weighted by atomic mass is 9.84. The van der Waals surface area contributed by atoms with Crippen molar-refractivity contribution in [3.05, 3.63) is 101 Å². The first kappa shape index (κ1) is 22.7. The molecule has 0 bridgehead atoms. The maximum atomic E-state index is 12.1. The fourth-order valence-corrected chi connectivity index (χ4v) is 4.96. The van der Waals surface area contributed by atoms with E-state index in [1.165, 1.54) is 13.4 Å². The Bertz CT molecular complexity index is 1530. The summed E-state index contributed by atoms with van der Waals surface area (Å²) < 4.78 is 24.7. The van der Waals surface area contributed by atoms with Gasteiger partial charge in [-0.15, -0.1) is 0 Å². The Morgan fingerprint density at radius 2 is 1.81 bits per heavy atom. The number of methoxy groups -OCH3 is 3. The number of para-hydroxylation sites is 1. The molecule has 2 aliphatic heterocycles. The molecule has 9 nitrogen and oxygen atoms in total. The number of rotatable bonds is 5. The Hall–Kier alpha value is -4.79. The number of hydrogen-bond acceptors (Lipinski definition) is 8. The number of carbonyl (C=O) groups excluding carboxylic acids is 1. The highest BCUT2D eigenvalue weighted by Crippen LogP contribution is 2.52. The quantitative estimate of drug-likeness (QED) is 0.399. The van der Waals surface area contributed by atoms with Gasteiger partial charge in [0, 0.05) is 16.7 Å². The summed E-state index contributed by atoms with van der Waals surface area (Å²) >= 11 is 0. The Morgan fingerprint density at radius 1 is 1.00 bits per heavy atom. The molecule has 3 heterocycles. The van der Waals surface area contributed by atoms with Gasteiger partial charge in [0.2, 0.25) is 5.95 Å². The Kier molecular flexibility index (Phi) is 5.52. The molecule has 186 valence electrons. The molecule has 0 amide bonds. The van der Waals surface area contributed by atoms with Gasteiger partial charge in [-0.3, -0.25) is 0 Å². The molecule has 6 rings (SSSR count). The van der Waals surface area contributed by atoms with Crippen molar-refractivity contribution in [3.8, 4) is 17.2 Å². The van der Waals surface area contributed by atoms with Crippen LogP contribution in [0.4, 0.5) is 5.95 Å². The van der Waals surface area contributed by atoms with Crippen LogP contribution in [0.25, 0.3) is 5.70 Å². The van der Waals surface area contributed by atoms with Crippen LogP contribution in [0.5, 0.6) is 17.2 Å². The zero-order valence-electron chi connectivity index (χ0n) is 20.5. The van der Waals surface area contributed by atoms with Gasteiger partial charge in [0.25, 0.3) is 0 Å². The molecule has 0 saturated heterocycles. The summed E-state index contributed by atoms with van der Waals surface area (Å²) in [6.07, 6.45) is 1.02. The fraction of sp³-hybridized carbons (Fsp3) is 0.179. The number of anilines is 1. The average Bonchev–Trinajstić information content (AvgIpc) is 3.43. The number of esters is 1. The first-order valence-electron chi connectivity index (χ1n) is 11.7. The number of nitrogens with one attached hydrogen (secondary N) is 1. The first-order valence-corrected chi connectivity index (χ1v) is 11.7. The van der Waals surface area contributed by atoms with E-state index in [1.54, 1.807) is 26.4 Å². The van der Waals surface area contributed by atoms with Crippen molar-refractivity contribution in [3.63, 3.8) is 0 Å². The molecule has 1 aromatic heterocycles. The molecule has 9 heteroatoms. The SMILES string of the molecule is COC(=O)c1ccc([C@H]2Oc3ccccc3C3=C2[C@@H](c2cc(OC)ccc2OC)n2ncnc2N3)cc1. The minimum Gasteiger partial charge on any atom is -0.497 e. The van der Waals surface area contributed by atoms with Crippen LogP contribution in [0.3, 0.4) is 0 Å². The molecule has 4 aromatic rings. The standard InChI is InChI=1S/C28H24N4O5/c1-34-18-12-13-21(35-2)20(14-18)25-23-24(31-28-29-15-30-32(25)28)19-6-4-5-7-22(19)37-26(23)16-8-10-17(11-9-16)27(33)36-3/h4-15,25-26H,1-3H3,(H,29,30,31)/t25-,26-/m1/s1. The third-order valence-electron chi connectivity index (χ3n) is 6.69. The minimum atomic E-state index is -0.498. The molecule has 0 radical (unpaired) electrons. The number of ether oxygens (including phenoxy) is 4. The third kappa shape index (κ3) is 3.67. The average molecular weight is 497 g/mol. The van der Waals surface area contributed by atoms with Crippen LogP contribution in [-0.2, 0) is 4.74 Å². The van der Waals surface area contributed by atoms with Crippen molar-refractivity contribution in [2.75, 3.05) is 26.6 Å². The van der Waals surface area contributed by atoms with Crippen LogP contribution in [0.15, 0.2) is 78.6 Å². The second kappa shape index (κ2) is 9.02. The molecule has 2 atom stereocenters. The van der Waals surface area contributed by atoms with Crippen molar-refractivity contribution in [1.29, 1.82) is 0 Å². The van der Waals surface area contributed by atoms with Crippen molar-refractivity contribution in [2.24, 2.45) is 0 Å². The number of benzene rings is 3. The normalized spacial score (nSPS) is 17.5. The first-order chi connectivity index (χ1) is 18.1. The number of hydrogen-bond donors (Lipinski definition) is 1. The summed E-state index contributed by atoms with van der Waals surface area (Å²) in [6, 6.07) is 20.4. The molecule has 0 spiro atoms. The van der Waals surface area contributed by atoms with E-state index in [4.69, 9.17) is 18.9 Å². The minimum absolute atomic E-state index is 0.396. The maximum absolute atomic E-state index is 12.1. The number of fused-ring (bicyclic) bond motifs is 3. The van der Waals surface area contributed by atoms with Gasteiger partial charge in [-0.25, -0.2) is 9.48 Å². The monoisotopic (exact) mass is 496 g/mol. The fourth-order valence-electron chi connectivity index (χ4n) is 4.96. The Morgan fingerprint density at radius 3 is 2.57 bits per heavy atom. The van der Waals surface area contributed by atoms with Gasteiger partial charge in [0.05, 0.1) is 32.6 Å². The van der Waals surface area contributed by atoms with Gasteiger partial charge in [-0.1, -0.05) is 24.3 Å². The molecule has 0 unspecified atom stereocenters. The predicted octanol–water partition coefficient (Wildman–Crippen LogP) is 4.64. The van der Waals surface area contributed by atoms with E-state index in [0.717, 1.165) is 33.7 Å². The van der Waals surface area contributed by atoms with Gasteiger partial charge >= 0.3 is 5.97 Å². The molecule has 0 fully saturated rings. The zero-order chi connectivity index (χ0) is 25.5. The molecule has 37 heavy (non-hydrogen) atoms. The van der Waals surface area contributed by atoms with Crippen LogP contribution >= 0.6 is 0 Å². The maximum Gasteiger partial charge on any atom is 0.337 e. The third-order valence-corrected chi connectivity index (χ3v) is 6.69. The topological polar surface area (TPSA) is 96.7 Å². The second-order valence-corrected chi connectivity index (χ2v) is 8.60. The molecule has 1 N–H and O–H groups in total. The molecule has 3 aromatic carbocycles. The lowest BCUT2D eigenvalue weighted by Gasteiger charge is -2.39.